The lowest BCUT2D eigenvalue weighted by molar-refractivity contribution is 0.696. The lowest BCUT2D eigenvalue weighted by Crippen LogP contribution is -2.19. The minimum Gasteiger partial charge on any atom is -0.380 e. The molecule has 0 bridgehead atoms. The number of aryl methyl sites for hydroxylation is 1. The van der Waals surface area contributed by atoms with Gasteiger partial charge in [-0.05, 0) is 46.7 Å². The zero-order chi connectivity index (χ0) is 15.5. The fourth-order valence-electron chi connectivity index (χ4n) is 2.84. The predicted octanol–water partition coefficient (Wildman–Crippen LogP) is 5.40. The normalized spacial score (nSPS) is 17.3. The maximum Gasteiger partial charge on any atom is 0.0698 e. The van der Waals surface area contributed by atoms with Crippen molar-refractivity contribution in [2.75, 3.05) is 0 Å². The van der Waals surface area contributed by atoms with E-state index in [-0.39, 0.29) is 6.04 Å². The van der Waals surface area contributed by atoms with E-state index in [0.717, 1.165) is 0 Å². The van der Waals surface area contributed by atoms with Gasteiger partial charge in [-0.3, -0.25) is 0 Å². The number of rotatable bonds is 3. The molecule has 0 fully saturated rings. The molecule has 1 unspecified atom stereocenters. The van der Waals surface area contributed by atoms with Gasteiger partial charge in [0.25, 0.3) is 0 Å². The third-order valence-electron chi connectivity index (χ3n) is 4.30. The molecular weight excluding hydrogens is 266 g/mol. The Balaban J connectivity index is 1.91. The molecule has 22 heavy (non-hydrogen) atoms. The van der Waals surface area contributed by atoms with Crippen molar-refractivity contribution in [3.8, 4) is 11.1 Å². The van der Waals surface area contributed by atoms with Crippen LogP contribution in [0, 0.1) is 12.8 Å². The van der Waals surface area contributed by atoms with Crippen LogP contribution in [0.2, 0.25) is 0 Å². The summed E-state index contributed by atoms with van der Waals surface area (Å²) in [5.74, 6) is 0.557. The van der Waals surface area contributed by atoms with Crippen LogP contribution in [-0.2, 0) is 0 Å². The molecule has 0 amide bonds. The number of dihydropyridines is 1. The molecule has 112 valence electrons. The summed E-state index contributed by atoms with van der Waals surface area (Å²) >= 11 is 0. The summed E-state index contributed by atoms with van der Waals surface area (Å²) in [6, 6.07) is 17.5. The molecule has 1 nitrogen and oxygen atoms in total. The lowest BCUT2D eigenvalue weighted by Gasteiger charge is -2.23. The highest BCUT2D eigenvalue weighted by Gasteiger charge is 2.14. The number of benzene rings is 2. The van der Waals surface area contributed by atoms with Crippen LogP contribution in [0.15, 0.2) is 72.5 Å². The summed E-state index contributed by atoms with van der Waals surface area (Å²) in [6.45, 7) is 6.63. The molecule has 1 aliphatic rings. The van der Waals surface area contributed by atoms with Gasteiger partial charge in [-0.1, -0.05) is 68.5 Å². The van der Waals surface area contributed by atoms with Gasteiger partial charge in [0.15, 0.2) is 0 Å². The average Bonchev–Trinajstić information content (AvgIpc) is 2.56. The molecule has 2 aromatic carbocycles. The first-order chi connectivity index (χ1) is 10.6. The number of hydrogen-bond donors (Lipinski definition) is 1. The molecule has 1 atom stereocenters. The van der Waals surface area contributed by atoms with E-state index in [2.05, 4.69) is 93.0 Å². The van der Waals surface area contributed by atoms with Gasteiger partial charge in [-0.2, -0.15) is 0 Å². The SMILES string of the molecule is Cc1ccc(-c2ccccc2)cc1C1C=CC(C(C)C)=CN1. The average molecular weight is 289 g/mol. The van der Waals surface area contributed by atoms with E-state index < -0.39 is 0 Å². The first kappa shape index (κ1) is 14.6. The molecule has 1 aliphatic heterocycles. The molecule has 0 radical (unpaired) electrons. The Hall–Kier alpha value is -2.28. The summed E-state index contributed by atoms with van der Waals surface area (Å²) < 4.78 is 0. The van der Waals surface area contributed by atoms with E-state index in [1.165, 1.54) is 27.8 Å². The molecule has 0 saturated heterocycles. The van der Waals surface area contributed by atoms with E-state index in [1.54, 1.807) is 0 Å². The summed E-state index contributed by atoms with van der Waals surface area (Å²) in [4.78, 5) is 0. The highest BCUT2D eigenvalue weighted by molar-refractivity contribution is 5.65. The lowest BCUT2D eigenvalue weighted by atomic mass is 9.92. The minimum atomic E-state index is 0.256. The second-order valence-corrected chi connectivity index (χ2v) is 6.24. The largest absolute Gasteiger partial charge is 0.380 e. The van der Waals surface area contributed by atoms with E-state index in [9.17, 15) is 0 Å². The van der Waals surface area contributed by atoms with Gasteiger partial charge >= 0.3 is 0 Å². The molecule has 2 aromatic rings. The Kier molecular flexibility index (Phi) is 4.15. The molecule has 1 N–H and O–H groups in total. The molecule has 1 heterocycles. The molecule has 0 aliphatic carbocycles. The maximum absolute atomic E-state index is 3.54. The standard InChI is InChI=1S/C21H23N/c1-15(2)19-11-12-21(22-14-19)20-13-18(10-9-16(20)3)17-7-5-4-6-8-17/h4-15,21-22H,1-3H3. The second kappa shape index (κ2) is 6.23. The van der Waals surface area contributed by atoms with Gasteiger partial charge in [-0.15, -0.1) is 0 Å². The van der Waals surface area contributed by atoms with E-state index in [1.807, 2.05) is 0 Å². The van der Waals surface area contributed by atoms with Crippen molar-refractivity contribution < 1.29 is 0 Å². The summed E-state index contributed by atoms with van der Waals surface area (Å²) in [5.41, 5.74) is 6.56. The van der Waals surface area contributed by atoms with Crippen LogP contribution in [0.25, 0.3) is 11.1 Å². The van der Waals surface area contributed by atoms with E-state index in [0.29, 0.717) is 5.92 Å². The predicted molar refractivity (Wildman–Crippen MR) is 94.6 cm³/mol. The van der Waals surface area contributed by atoms with Crippen LogP contribution in [0.4, 0.5) is 0 Å². The number of allylic oxidation sites excluding steroid dienone is 2. The van der Waals surface area contributed by atoms with E-state index >= 15 is 0 Å². The van der Waals surface area contributed by atoms with Crippen LogP contribution in [0.3, 0.4) is 0 Å². The van der Waals surface area contributed by atoms with Crippen LogP contribution < -0.4 is 5.32 Å². The van der Waals surface area contributed by atoms with Crippen molar-refractivity contribution in [1.29, 1.82) is 0 Å². The van der Waals surface area contributed by atoms with Crippen LogP contribution >= 0.6 is 0 Å². The Morgan fingerprint density at radius 1 is 0.955 bits per heavy atom. The fourth-order valence-corrected chi connectivity index (χ4v) is 2.84. The first-order valence-corrected chi connectivity index (χ1v) is 7.95. The monoisotopic (exact) mass is 289 g/mol. The highest BCUT2D eigenvalue weighted by atomic mass is 14.9. The van der Waals surface area contributed by atoms with Gasteiger partial charge in [0, 0.05) is 6.20 Å². The third kappa shape index (κ3) is 2.99. The highest BCUT2D eigenvalue weighted by Crippen LogP contribution is 2.29. The summed E-state index contributed by atoms with van der Waals surface area (Å²) in [5, 5.41) is 3.54. The topological polar surface area (TPSA) is 12.0 Å². The zero-order valence-corrected chi connectivity index (χ0v) is 13.5. The van der Waals surface area contributed by atoms with Gasteiger partial charge in [-0.25, -0.2) is 0 Å². The van der Waals surface area contributed by atoms with Crippen molar-refractivity contribution >= 4 is 0 Å². The Labute approximate surface area is 133 Å². The van der Waals surface area contributed by atoms with Crippen LogP contribution in [-0.4, -0.2) is 0 Å². The van der Waals surface area contributed by atoms with Crippen molar-refractivity contribution in [3.63, 3.8) is 0 Å². The number of nitrogens with one attached hydrogen (secondary N) is 1. The molecular formula is C21H23N. The number of hydrogen-bond acceptors (Lipinski definition) is 1. The van der Waals surface area contributed by atoms with Crippen LogP contribution in [0.5, 0.6) is 0 Å². The van der Waals surface area contributed by atoms with Crippen LogP contribution in [0.1, 0.15) is 31.0 Å². The second-order valence-electron chi connectivity index (χ2n) is 6.24. The van der Waals surface area contributed by atoms with Crippen molar-refractivity contribution in [2.45, 2.75) is 26.8 Å². The summed E-state index contributed by atoms with van der Waals surface area (Å²) in [7, 11) is 0. The first-order valence-electron chi connectivity index (χ1n) is 7.95. The summed E-state index contributed by atoms with van der Waals surface area (Å²) in [6.07, 6.45) is 6.68. The van der Waals surface area contributed by atoms with Gasteiger partial charge < -0.3 is 5.32 Å². The molecule has 0 spiro atoms. The maximum atomic E-state index is 3.54. The Morgan fingerprint density at radius 2 is 1.73 bits per heavy atom. The van der Waals surface area contributed by atoms with E-state index in [4.69, 9.17) is 0 Å². The van der Waals surface area contributed by atoms with Crippen molar-refractivity contribution in [1.82, 2.24) is 5.32 Å². The van der Waals surface area contributed by atoms with Crippen molar-refractivity contribution in [2.24, 2.45) is 5.92 Å². The quantitative estimate of drug-likeness (QED) is 0.797. The fraction of sp³-hybridized carbons (Fsp3) is 0.238. The zero-order valence-electron chi connectivity index (χ0n) is 13.5. The van der Waals surface area contributed by atoms with Gasteiger partial charge in [0.2, 0.25) is 0 Å². The molecule has 3 rings (SSSR count). The molecule has 0 aromatic heterocycles. The smallest absolute Gasteiger partial charge is 0.0698 e. The van der Waals surface area contributed by atoms with Gasteiger partial charge in [0.1, 0.15) is 0 Å². The third-order valence-corrected chi connectivity index (χ3v) is 4.30. The molecule has 0 saturated carbocycles. The molecule has 1 heteroatoms. The minimum absolute atomic E-state index is 0.256. The van der Waals surface area contributed by atoms with Gasteiger partial charge in [0.05, 0.1) is 6.04 Å². The Morgan fingerprint density at radius 3 is 2.36 bits per heavy atom. The Bertz CT molecular complexity index is 708. The van der Waals surface area contributed by atoms with Crippen molar-refractivity contribution in [3.05, 3.63) is 83.6 Å².